The lowest BCUT2D eigenvalue weighted by Crippen LogP contribution is -2.13. The Hall–Kier alpha value is -2.44. The van der Waals surface area contributed by atoms with Gasteiger partial charge in [0.15, 0.2) is 18.3 Å². The summed E-state index contributed by atoms with van der Waals surface area (Å²) in [5, 5.41) is 4.60. The number of oxime groups is 1. The summed E-state index contributed by atoms with van der Waals surface area (Å²) in [5.74, 6) is 2.03. The molecule has 2 aromatic rings. The second-order valence-corrected chi connectivity index (χ2v) is 5.72. The Bertz CT molecular complexity index is 778. The second-order valence-electron chi connectivity index (χ2n) is 5.29. The minimum absolute atomic E-state index is 0.219. The van der Waals surface area contributed by atoms with Gasteiger partial charge < -0.3 is 23.8 Å². The number of ether oxygens (including phenoxy) is 4. The maximum absolute atomic E-state index is 6.12. The SMILES string of the molecule is COc1ccc(/C=N\OCc2cc(Cl)cc3c2OCOC3)cc1OC. The largest absolute Gasteiger partial charge is 0.493 e. The lowest BCUT2D eigenvalue weighted by atomic mass is 10.1. The van der Waals surface area contributed by atoms with Crippen molar-refractivity contribution in [1.29, 1.82) is 0 Å². The van der Waals surface area contributed by atoms with Gasteiger partial charge in [-0.2, -0.15) is 0 Å². The van der Waals surface area contributed by atoms with Gasteiger partial charge >= 0.3 is 0 Å². The standard InChI is InChI=1S/C18H18ClNO5/c1-21-16-4-3-12(5-17(16)22-2)8-20-25-10-14-7-15(19)6-13-9-23-11-24-18(13)14/h3-8H,9-11H2,1-2H3/b20-8-. The maximum Gasteiger partial charge on any atom is 0.189 e. The Kier molecular flexibility index (Phi) is 5.63. The van der Waals surface area contributed by atoms with Gasteiger partial charge in [-0.15, -0.1) is 0 Å². The van der Waals surface area contributed by atoms with Crippen molar-refractivity contribution in [2.75, 3.05) is 21.0 Å². The van der Waals surface area contributed by atoms with E-state index in [4.69, 9.17) is 35.4 Å². The normalized spacial score (nSPS) is 13.2. The fourth-order valence-electron chi connectivity index (χ4n) is 2.50. The average Bonchev–Trinajstić information content (AvgIpc) is 2.64. The molecule has 0 spiro atoms. The maximum atomic E-state index is 6.12. The number of nitrogens with zero attached hydrogens (tertiary/aromatic N) is 1. The van der Waals surface area contributed by atoms with Crippen LogP contribution in [0.25, 0.3) is 0 Å². The number of fused-ring (bicyclic) bond motifs is 1. The van der Waals surface area contributed by atoms with Crippen LogP contribution in [-0.2, 0) is 22.8 Å². The van der Waals surface area contributed by atoms with E-state index in [2.05, 4.69) is 5.16 Å². The van der Waals surface area contributed by atoms with Gasteiger partial charge in [-0.3, -0.25) is 0 Å². The molecule has 0 N–H and O–H groups in total. The summed E-state index contributed by atoms with van der Waals surface area (Å²) in [5.41, 5.74) is 2.56. The van der Waals surface area contributed by atoms with Crippen molar-refractivity contribution in [3.05, 3.63) is 52.0 Å². The summed E-state index contributed by atoms with van der Waals surface area (Å²) in [6, 6.07) is 9.11. The lowest BCUT2D eigenvalue weighted by molar-refractivity contribution is -0.0183. The van der Waals surface area contributed by atoms with Crippen LogP contribution in [0.5, 0.6) is 17.2 Å². The van der Waals surface area contributed by atoms with Crippen molar-refractivity contribution in [2.24, 2.45) is 5.16 Å². The monoisotopic (exact) mass is 363 g/mol. The number of halogens is 1. The molecule has 1 aliphatic heterocycles. The highest BCUT2D eigenvalue weighted by molar-refractivity contribution is 6.30. The third-order valence-corrected chi connectivity index (χ3v) is 3.87. The van der Waals surface area contributed by atoms with Crippen LogP contribution in [0.1, 0.15) is 16.7 Å². The molecule has 2 aromatic carbocycles. The molecule has 0 aliphatic carbocycles. The molecule has 6 nitrogen and oxygen atoms in total. The zero-order chi connectivity index (χ0) is 17.6. The Morgan fingerprint density at radius 2 is 2.00 bits per heavy atom. The molecule has 0 aromatic heterocycles. The number of hydrogen-bond acceptors (Lipinski definition) is 6. The summed E-state index contributed by atoms with van der Waals surface area (Å²) >= 11 is 6.12. The van der Waals surface area contributed by atoms with Crippen molar-refractivity contribution < 1.29 is 23.8 Å². The third-order valence-electron chi connectivity index (χ3n) is 3.66. The number of hydrogen-bond donors (Lipinski definition) is 0. The van der Waals surface area contributed by atoms with Crippen molar-refractivity contribution in [1.82, 2.24) is 0 Å². The van der Waals surface area contributed by atoms with Gasteiger partial charge in [0.1, 0.15) is 12.4 Å². The van der Waals surface area contributed by atoms with E-state index in [1.165, 1.54) is 0 Å². The predicted octanol–water partition coefficient (Wildman–Crippen LogP) is 3.77. The van der Waals surface area contributed by atoms with Crippen LogP contribution >= 0.6 is 11.6 Å². The van der Waals surface area contributed by atoms with Gasteiger partial charge in [0, 0.05) is 21.7 Å². The molecular formula is C18H18ClNO5. The summed E-state index contributed by atoms with van der Waals surface area (Å²) < 4.78 is 21.3. The lowest BCUT2D eigenvalue weighted by Gasteiger charge is -2.20. The van der Waals surface area contributed by atoms with Gasteiger partial charge in [-0.1, -0.05) is 16.8 Å². The quantitative estimate of drug-likeness (QED) is 0.577. The summed E-state index contributed by atoms with van der Waals surface area (Å²) in [6.45, 7) is 0.932. The number of benzene rings is 2. The van der Waals surface area contributed by atoms with E-state index in [-0.39, 0.29) is 13.4 Å². The highest BCUT2D eigenvalue weighted by Crippen LogP contribution is 2.32. The zero-order valence-corrected chi connectivity index (χ0v) is 14.7. The molecular weight excluding hydrogens is 346 g/mol. The van der Waals surface area contributed by atoms with Crippen LogP contribution in [0.4, 0.5) is 0 Å². The number of methoxy groups -OCH3 is 2. The molecule has 132 valence electrons. The third kappa shape index (κ3) is 4.15. The van der Waals surface area contributed by atoms with Crippen molar-refractivity contribution in [2.45, 2.75) is 13.2 Å². The van der Waals surface area contributed by atoms with Crippen LogP contribution in [0, 0.1) is 0 Å². The molecule has 0 saturated carbocycles. The topological polar surface area (TPSA) is 58.5 Å². The Balaban J connectivity index is 1.67. The minimum Gasteiger partial charge on any atom is -0.493 e. The first-order chi connectivity index (χ1) is 12.2. The highest BCUT2D eigenvalue weighted by Gasteiger charge is 2.16. The van der Waals surface area contributed by atoms with Gasteiger partial charge in [0.2, 0.25) is 0 Å². The second kappa shape index (κ2) is 8.09. The van der Waals surface area contributed by atoms with Crippen LogP contribution < -0.4 is 14.2 Å². The zero-order valence-electron chi connectivity index (χ0n) is 14.0. The van der Waals surface area contributed by atoms with Crippen LogP contribution in [0.3, 0.4) is 0 Å². The molecule has 0 fully saturated rings. The van der Waals surface area contributed by atoms with Gasteiger partial charge in [0.25, 0.3) is 0 Å². The van der Waals surface area contributed by atoms with E-state index in [1.807, 2.05) is 18.2 Å². The summed E-state index contributed by atoms with van der Waals surface area (Å²) in [6.07, 6.45) is 1.60. The van der Waals surface area contributed by atoms with E-state index < -0.39 is 0 Å². The van der Waals surface area contributed by atoms with Crippen molar-refractivity contribution in [3.8, 4) is 17.2 Å². The Morgan fingerprint density at radius 1 is 1.16 bits per heavy atom. The van der Waals surface area contributed by atoms with Crippen LogP contribution in [-0.4, -0.2) is 27.2 Å². The van der Waals surface area contributed by atoms with Crippen LogP contribution in [0.15, 0.2) is 35.5 Å². The Morgan fingerprint density at radius 3 is 2.80 bits per heavy atom. The molecule has 25 heavy (non-hydrogen) atoms. The number of rotatable bonds is 6. The Labute approximate surface area is 150 Å². The molecule has 0 amide bonds. The molecule has 0 radical (unpaired) electrons. The first-order valence-corrected chi connectivity index (χ1v) is 7.98. The van der Waals surface area contributed by atoms with E-state index in [1.54, 1.807) is 32.6 Å². The highest BCUT2D eigenvalue weighted by atomic mass is 35.5. The first-order valence-electron chi connectivity index (χ1n) is 7.60. The van der Waals surface area contributed by atoms with Crippen molar-refractivity contribution in [3.63, 3.8) is 0 Å². The van der Waals surface area contributed by atoms with Crippen LogP contribution in [0.2, 0.25) is 5.02 Å². The molecule has 3 rings (SSSR count). The average molecular weight is 364 g/mol. The van der Waals surface area contributed by atoms with Gasteiger partial charge in [0.05, 0.1) is 27.0 Å². The van der Waals surface area contributed by atoms with E-state index in [0.717, 1.165) is 22.4 Å². The molecule has 1 aliphatic rings. The first kappa shape index (κ1) is 17.4. The smallest absolute Gasteiger partial charge is 0.189 e. The van der Waals surface area contributed by atoms with E-state index in [9.17, 15) is 0 Å². The summed E-state index contributed by atoms with van der Waals surface area (Å²) in [7, 11) is 3.18. The molecule has 0 bridgehead atoms. The molecule has 0 atom stereocenters. The minimum atomic E-state index is 0.219. The van der Waals surface area contributed by atoms with Gasteiger partial charge in [-0.25, -0.2) is 0 Å². The fraction of sp³-hybridized carbons (Fsp3) is 0.278. The molecule has 0 unspecified atom stereocenters. The molecule has 1 heterocycles. The molecule has 0 saturated heterocycles. The molecule has 7 heteroatoms. The van der Waals surface area contributed by atoms with E-state index in [0.29, 0.717) is 23.1 Å². The van der Waals surface area contributed by atoms with Gasteiger partial charge in [-0.05, 0) is 30.3 Å². The summed E-state index contributed by atoms with van der Waals surface area (Å²) in [4.78, 5) is 5.39. The fourth-order valence-corrected chi connectivity index (χ4v) is 2.77. The van der Waals surface area contributed by atoms with E-state index >= 15 is 0 Å². The van der Waals surface area contributed by atoms with Crippen molar-refractivity contribution >= 4 is 17.8 Å². The predicted molar refractivity (Wildman–Crippen MR) is 93.7 cm³/mol.